The largest absolute Gasteiger partial charge is 0.497 e. The number of rotatable bonds is 8. The average Bonchev–Trinajstić information content (AvgIpc) is 3.28. The molecule has 0 fully saturated rings. The maximum absolute atomic E-state index is 15.3. The highest BCUT2D eigenvalue weighted by molar-refractivity contribution is 6.08. The van der Waals surface area contributed by atoms with E-state index in [4.69, 9.17) is 9.47 Å². The number of methoxy groups -OCH3 is 1. The van der Waals surface area contributed by atoms with Crippen LogP contribution in [0.5, 0.6) is 17.2 Å². The van der Waals surface area contributed by atoms with E-state index in [0.29, 0.717) is 33.7 Å². The second kappa shape index (κ2) is 11.6. The van der Waals surface area contributed by atoms with Crippen LogP contribution in [0, 0.1) is 5.82 Å². The lowest BCUT2D eigenvalue weighted by Gasteiger charge is -2.12. The average molecular weight is 576 g/mol. The van der Waals surface area contributed by atoms with Crippen molar-refractivity contribution in [2.75, 3.05) is 12.4 Å². The highest BCUT2D eigenvalue weighted by Gasteiger charge is 2.26. The Bertz CT molecular complexity index is 2010. The smallest absolute Gasteiger partial charge is 0.280 e. The third-order valence-electron chi connectivity index (χ3n) is 7.05. The van der Waals surface area contributed by atoms with Crippen molar-refractivity contribution in [2.45, 2.75) is 6.54 Å². The van der Waals surface area contributed by atoms with E-state index in [1.54, 1.807) is 73.8 Å². The SMILES string of the molecule is COc1ccc2c(Oc3ccc(NC(=O)c4c(-c5ccncc5)n(C)n(Cc5ccccc5)c4=O)cc3F)ccnc2c1. The standard InChI is InChI=1S/C33H26FN5O4/c1-38-31(22-12-15-35-16-13-22)30(33(41)39(38)20-21-6-4-3-5-7-21)32(40)37-23-8-11-29(26(34)18-23)43-28-14-17-36-27-19-24(42-2)9-10-25(27)28/h3-19H,20H2,1-2H3,(H,37,40). The van der Waals surface area contributed by atoms with Gasteiger partial charge in [0.1, 0.15) is 17.1 Å². The van der Waals surface area contributed by atoms with E-state index in [-0.39, 0.29) is 23.5 Å². The molecule has 0 aliphatic carbocycles. The van der Waals surface area contributed by atoms with Crippen molar-refractivity contribution < 1.29 is 18.7 Å². The quantitative estimate of drug-likeness (QED) is 0.238. The molecule has 1 amide bonds. The maximum atomic E-state index is 15.3. The number of hydrogen-bond donors (Lipinski definition) is 1. The van der Waals surface area contributed by atoms with Gasteiger partial charge >= 0.3 is 0 Å². The van der Waals surface area contributed by atoms with Crippen LogP contribution in [-0.4, -0.2) is 32.3 Å². The lowest BCUT2D eigenvalue weighted by atomic mass is 10.1. The van der Waals surface area contributed by atoms with E-state index in [9.17, 15) is 9.59 Å². The molecule has 43 heavy (non-hydrogen) atoms. The Morgan fingerprint density at radius 1 is 0.930 bits per heavy atom. The number of ether oxygens (including phenoxy) is 2. The molecule has 1 N–H and O–H groups in total. The molecule has 0 aliphatic rings. The summed E-state index contributed by atoms with van der Waals surface area (Å²) in [7, 11) is 3.29. The van der Waals surface area contributed by atoms with Crippen LogP contribution < -0.4 is 20.3 Å². The predicted molar refractivity (Wildman–Crippen MR) is 161 cm³/mol. The Kier molecular flexibility index (Phi) is 7.40. The molecule has 0 atom stereocenters. The zero-order chi connectivity index (χ0) is 29.9. The van der Waals surface area contributed by atoms with E-state index < -0.39 is 17.3 Å². The van der Waals surface area contributed by atoms with Crippen molar-refractivity contribution in [3.63, 3.8) is 0 Å². The minimum atomic E-state index is -0.694. The molecule has 214 valence electrons. The zero-order valence-corrected chi connectivity index (χ0v) is 23.3. The normalized spacial score (nSPS) is 11.0. The molecule has 0 radical (unpaired) electrons. The summed E-state index contributed by atoms with van der Waals surface area (Å²) in [5.41, 5.74) is 2.22. The molecule has 6 rings (SSSR count). The van der Waals surface area contributed by atoms with Crippen LogP contribution in [0.2, 0.25) is 0 Å². The monoisotopic (exact) mass is 575 g/mol. The fraction of sp³-hybridized carbons (Fsp3) is 0.0909. The van der Waals surface area contributed by atoms with Crippen LogP contribution in [0.25, 0.3) is 22.2 Å². The van der Waals surface area contributed by atoms with Gasteiger partial charge in [0.15, 0.2) is 11.6 Å². The molecule has 0 unspecified atom stereocenters. The summed E-state index contributed by atoms with van der Waals surface area (Å²) in [4.78, 5) is 35.6. The molecule has 3 heterocycles. The van der Waals surface area contributed by atoms with E-state index in [2.05, 4.69) is 15.3 Å². The van der Waals surface area contributed by atoms with Gasteiger partial charge in [0, 0.05) is 54.4 Å². The van der Waals surface area contributed by atoms with Crippen LogP contribution in [0.4, 0.5) is 10.1 Å². The van der Waals surface area contributed by atoms with E-state index in [1.165, 1.54) is 16.8 Å². The molecular formula is C33H26FN5O4. The Balaban J connectivity index is 1.30. The highest BCUT2D eigenvalue weighted by atomic mass is 19.1. The van der Waals surface area contributed by atoms with Gasteiger partial charge in [-0.2, -0.15) is 0 Å². The molecule has 10 heteroatoms. The number of anilines is 1. The molecule has 3 aromatic heterocycles. The van der Waals surface area contributed by atoms with Crippen molar-refractivity contribution >= 4 is 22.5 Å². The summed E-state index contributed by atoms with van der Waals surface area (Å²) in [6, 6.07) is 24.0. The summed E-state index contributed by atoms with van der Waals surface area (Å²) < 4.78 is 29.5. The summed E-state index contributed by atoms with van der Waals surface area (Å²) in [6.45, 7) is 0.263. The first kappa shape index (κ1) is 27.4. The number of amides is 1. The number of fused-ring (bicyclic) bond motifs is 1. The second-order valence-electron chi connectivity index (χ2n) is 9.73. The predicted octanol–water partition coefficient (Wildman–Crippen LogP) is 6.04. The third kappa shape index (κ3) is 5.45. The van der Waals surface area contributed by atoms with Gasteiger partial charge in [0.05, 0.1) is 24.9 Å². The molecule has 0 aliphatic heterocycles. The van der Waals surface area contributed by atoms with Gasteiger partial charge in [-0.05, 0) is 48.0 Å². The van der Waals surface area contributed by atoms with Crippen molar-refractivity contribution in [3.05, 3.63) is 131 Å². The molecule has 0 bridgehead atoms. The molecule has 0 saturated heterocycles. The number of pyridine rings is 2. The lowest BCUT2D eigenvalue weighted by Crippen LogP contribution is -2.26. The molecule has 0 saturated carbocycles. The Labute approximate surface area is 245 Å². The van der Waals surface area contributed by atoms with Gasteiger partial charge in [-0.3, -0.25) is 24.2 Å². The Morgan fingerprint density at radius 2 is 1.72 bits per heavy atom. The number of nitrogens with zero attached hydrogens (tertiary/aromatic N) is 4. The second-order valence-corrected chi connectivity index (χ2v) is 9.73. The third-order valence-corrected chi connectivity index (χ3v) is 7.05. The van der Waals surface area contributed by atoms with Gasteiger partial charge in [-0.1, -0.05) is 30.3 Å². The van der Waals surface area contributed by atoms with Crippen molar-refractivity contribution in [1.82, 2.24) is 19.3 Å². The fourth-order valence-corrected chi connectivity index (χ4v) is 4.92. The van der Waals surface area contributed by atoms with Crippen LogP contribution >= 0.6 is 0 Å². The number of carbonyl (C=O) groups is 1. The summed E-state index contributed by atoms with van der Waals surface area (Å²) in [5.74, 6) is -0.348. The topological polar surface area (TPSA) is 100 Å². The van der Waals surface area contributed by atoms with Gasteiger partial charge in [0.2, 0.25) is 0 Å². The lowest BCUT2D eigenvalue weighted by molar-refractivity contribution is 0.102. The van der Waals surface area contributed by atoms with Crippen LogP contribution in [0.15, 0.2) is 108 Å². The number of halogens is 1. The number of aromatic nitrogens is 4. The number of hydrogen-bond acceptors (Lipinski definition) is 6. The molecule has 3 aromatic carbocycles. The summed E-state index contributed by atoms with van der Waals surface area (Å²) in [5, 5.41) is 3.37. The zero-order valence-electron chi connectivity index (χ0n) is 23.3. The minimum Gasteiger partial charge on any atom is -0.497 e. The highest BCUT2D eigenvalue weighted by Crippen LogP contribution is 2.33. The number of carbonyl (C=O) groups excluding carboxylic acids is 1. The van der Waals surface area contributed by atoms with Crippen LogP contribution in [0.3, 0.4) is 0 Å². The first-order chi connectivity index (χ1) is 20.9. The van der Waals surface area contributed by atoms with Crippen molar-refractivity contribution in [3.8, 4) is 28.5 Å². The van der Waals surface area contributed by atoms with E-state index in [1.807, 2.05) is 30.3 Å². The Morgan fingerprint density at radius 3 is 2.47 bits per heavy atom. The minimum absolute atomic E-state index is 0.0382. The van der Waals surface area contributed by atoms with Crippen molar-refractivity contribution in [2.24, 2.45) is 7.05 Å². The van der Waals surface area contributed by atoms with E-state index >= 15 is 4.39 Å². The van der Waals surface area contributed by atoms with Crippen LogP contribution in [0.1, 0.15) is 15.9 Å². The summed E-state index contributed by atoms with van der Waals surface area (Å²) in [6.07, 6.45) is 4.74. The van der Waals surface area contributed by atoms with Gasteiger partial charge in [0.25, 0.3) is 11.5 Å². The molecular weight excluding hydrogens is 549 g/mol. The maximum Gasteiger partial charge on any atom is 0.280 e. The first-order valence-corrected chi connectivity index (χ1v) is 13.4. The van der Waals surface area contributed by atoms with Crippen molar-refractivity contribution in [1.29, 1.82) is 0 Å². The number of nitrogens with one attached hydrogen (secondary N) is 1. The summed E-state index contributed by atoms with van der Waals surface area (Å²) >= 11 is 0. The Hall–Kier alpha value is -5.77. The first-order valence-electron chi connectivity index (χ1n) is 13.4. The van der Waals surface area contributed by atoms with Gasteiger partial charge < -0.3 is 14.8 Å². The van der Waals surface area contributed by atoms with E-state index in [0.717, 1.165) is 11.6 Å². The van der Waals surface area contributed by atoms with Gasteiger partial charge in [-0.15, -0.1) is 0 Å². The van der Waals surface area contributed by atoms with Crippen LogP contribution in [-0.2, 0) is 13.6 Å². The molecule has 0 spiro atoms. The molecule has 9 nitrogen and oxygen atoms in total. The molecule has 6 aromatic rings. The fourth-order valence-electron chi connectivity index (χ4n) is 4.92. The number of benzene rings is 3. The van der Waals surface area contributed by atoms with Gasteiger partial charge in [-0.25, -0.2) is 9.07 Å².